The van der Waals surface area contributed by atoms with Crippen LogP contribution in [0.5, 0.6) is 0 Å². The number of alkyl halides is 3. The van der Waals surface area contributed by atoms with Crippen LogP contribution >= 0.6 is 24.0 Å². The van der Waals surface area contributed by atoms with Crippen LogP contribution in [0.4, 0.5) is 19.0 Å². The van der Waals surface area contributed by atoms with E-state index in [9.17, 15) is 13.2 Å². The lowest BCUT2D eigenvalue weighted by molar-refractivity contribution is -0.137. The first-order valence-corrected chi connectivity index (χ1v) is 8.77. The highest BCUT2D eigenvalue weighted by atomic mass is 127. The second kappa shape index (κ2) is 14.7. The standard InChI is InChI=1S/C17H28F3N5O.HI/c1-3-4-12-26-13-6-9-24-16(21-2)25-11-10-23-15-14(17(18,19)20)7-5-8-22-15;/h5,7-8H,3-4,6,9-13H2,1-2H3,(H,22,23)(H2,21,24,25);1H. The fourth-order valence-corrected chi connectivity index (χ4v) is 2.09. The normalized spacial score (nSPS) is 11.7. The summed E-state index contributed by atoms with van der Waals surface area (Å²) in [6.45, 7) is 4.97. The molecule has 0 aliphatic rings. The van der Waals surface area contributed by atoms with Gasteiger partial charge >= 0.3 is 6.18 Å². The maximum atomic E-state index is 12.9. The van der Waals surface area contributed by atoms with Gasteiger partial charge in [-0.1, -0.05) is 13.3 Å². The molecule has 0 spiro atoms. The van der Waals surface area contributed by atoms with Gasteiger partial charge in [-0.2, -0.15) is 13.2 Å². The summed E-state index contributed by atoms with van der Waals surface area (Å²) in [5, 5.41) is 8.86. The lowest BCUT2D eigenvalue weighted by Gasteiger charge is -2.15. The Morgan fingerprint density at radius 1 is 1.15 bits per heavy atom. The molecule has 27 heavy (non-hydrogen) atoms. The van der Waals surface area contributed by atoms with E-state index in [1.54, 1.807) is 7.05 Å². The molecular formula is C17H29F3IN5O. The molecule has 1 aromatic heterocycles. The lowest BCUT2D eigenvalue weighted by atomic mass is 10.2. The first kappa shape index (κ1) is 25.7. The van der Waals surface area contributed by atoms with E-state index in [0.717, 1.165) is 31.9 Å². The van der Waals surface area contributed by atoms with Crippen molar-refractivity contribution in [1.82, 2.24) is 15.6 Å². The third-order valence-corrected chi connectivity index (χ3v) is 3.45. The first-order chi connectivity index (χ1) is 12.5. The van der Waals surface area contributed by atoms with Crippen molar-refractivity contribution in [3.05, 3.63) is 23.9 Å². The number of hydrogen-bond donors (Lipinski definition) is 3. The van der Waals surface area contributed by atoms with Gasteiger partial charge in [-0.3, -0.25) is 4.99 Å². The highest BCUT2D eigenvalue weighted by Gasteiger charge is 2.33. The molecule has 0 unspecified atom stereocenters. The van der Waals surface area contributed by atoms with E-state index in [0.29, 0.717) is 25.7 Å². The van der Waals surface area contributed by atoms with E-state index in [-0.39, 0.29) is 36.3 Å². The summed E-state index contributed by atoms with van der Waals surface area (Å²) in [6, 6.07) is 2.27. The zero-order chi connectivity index (χ0) is 19.3. The molecule has 0 aliphatic heterocycles. The molecule has 6 nitrogen and oxygen atoms in total. The Morgan fingerprint density at radius 2 is 1.85 bits per heavy atom. The van der Waals surface area contributed by atoms with Crippen LogP contribution in [0.3, 0.4) is 0 Å². The van der Waals surface area contributed by atoms with Gasteiger partial charge in [0.15, 0.2) is 5.96 Å². The number of pyridine rings is 1. The number of halogens is 4. The van der Waals surface area contributed by atoms with Gasteiger partial charge in [-0.05, 0) is 25.0 Å². The minimum atomic E-state index is -4.43. The van der Waals surface area contributed by atoms with Crippen LogP contribution in [0.1, 0.15) is 31.7 Å². The average molecular weight is 503 g/mol. The van der Waals surface area contributed by atoms with Crippen molar-refractivity contribution in [2.75, 3.05) is 45.2 Å². The number of guanidine groups is 1. The van der Waals surface area contributed by atoms with Crippen molar-refractivity contribution >= 4 is 35.8 Å². The Hall–Kier alpha value is -1.30. The molecule has 156 valence electrons. The Balaban J connectivity index is 0.00000676. The van der Waals surface area contributed by atoms with Crippen LogP contribution in [0, 0.1) is 0 Å². The number of aromatic nitrogens is 1. The molecule has 1 rings (SSSR count). The highest BCUT2D eigenvalue weighted by molar-refractivity contribution is 14.0. The molecule has 3 N–H and O–H groups in total. The number of anilines is 1. The summed E-state index contributed by atoms with van der Waals surface area (Å²) >= 11 is 0. The highest BCUT2D eigenvalue weighted by Crippen LogP contribution is 2.33. The van der Waals surface area contributed by atoms with E-state index in [1.165, 1.54) is 12.3 Å². The van der Waals surface area contributed by atoms with Crippen molar-refractivity contribution in [1.29, 1.82) is 0 Å². The fraction of sp³-hybridized carbons (Fsp3) is 0.647. The predicted molar refractivity (Wildman–Crippen MR) is 113 cm³/mol. The van der Waals surface area contributed by atoms with Crippen LogP contribution in [-0.2, 0) is 10.9 Å². The van der Waals surface area contributed by atoms with E-state index in [4.69, 9.17) is 4.74 Å². The van der Waals surface area contributed by atoms with Crippen LogP contribution in [-0.4, -0.2) is 50.8 Å². The van der Waals surface area contributed by atoms with Crippen molar-refractivity contribution in [3.63, 3.8) is 0 Å². The van der Waals surface area contributed by atoms with E-state index >= 15 is 0 Å². The summed E-state index contributed by atoms with van der Waals surface area (Å²) in [7, 11) is 1.64. The molecule has 0 bridgehead atoms. The zero-order valence-corrected chi connectivity index (χ0v) is 18.1. The molecule has 0 atom stereocenters. The smallest absolute Gasteiger partial charge is 0.381 e. The van der Waals surface area contributed by atoms with Crippen molar-refractivity contribution in [2.24, 2.45) is 4.99 Å². The third-order valence-electron chi connectivity index (χ3n) is 3.45. The quantitative estimate of drug-likeness (QED) is 0.187. The Labute approximate surface area is 175 Å². The summed E-state index contributed by atoms with van der Waals surface area (Å²) in [4.78, 5) is 7.82. The molecule has 0 aromatic carbocycles. The molecule has 1 heterocycles. The van der Waals surface area contributed by atoms with Gasteiger partial charge in [0.2, 0.25) is 0 Å². The second-order valence-electron chi connectivity index (χ2n) is 5.57. The summed E-state index contributed by atoms with van der Waals surface area (Å²) in [6.07, 6.45) is -0.0672. The van der Waals surface area contributed by atoms with E-state index in [1.807, 2.05) is 0 Å². The number of nitrogens with one attached hydrogen (secondary N) is 3. The topological polar surface area (TPSA) is 70.6 Å². The molecule has 0 aliphatic carbocycles. The Bertz CT molecular complexity index is 544. The van der Waals surface area contributed by atoms with Crippen molar-refractivity contribution < 1.29 is 17.9 Å². The number of rotatable bonds is 11. The SMILES string of the molecule is CCCCOCCCNC(=NC)NCCNc1ncccc1C(F)(F)F.I. The largest absolute Gasteiger partial charge is 0.419 e. The summed E-state index contributed by atoms with van der Waals surface area (Å²) < 4.78 is 44.1. The summed E-state index contributed by atoms with van der Waals surface area (Å²) in [5.74, 6) is 0.423. The van der Waals surface area contributed by atoms with Gasteiger partial charge < -0.3 is 20.7 Å². The monoisotopic (exact) mass is 503 g/mol. The Kier molecular flexibility index (Phi) is 14.0. The number of nitrogens with zero attached hydrogens (tertiary/aromatic N) is 2. The van der Waals surface area contributed by atoms with Gasteiger partial charge in [0.1, 0.15) is 5.82 Å². The fourth-order valence-electron chi connectivity index (χ4n) is 2.09. The predicted octanol–water partition coefficient (Wildman–Crippen LogP) is 3.50. The van der Waals surface area contributed by atoms with Gasteiger partial charge in [0.05, 0.1) is 5.56 Å². The second-order valence-corrected chi connectivity index (χ2v) is 5.57. The van der Waals surface area contributed by atoms with Crippen molar-refractivity contribution in [2.45, 2.75) is 32.4 Å². The van der Waals surface area contributed by atoms with Crippen LogP contribution < -0.4 is 16.0 Å². The molecular weight excluding hydrogens is 474 g/mol. The molecule has 1 aromatic rings. The van der Waals surface area contributed by atoms with Gasteiger partial charge in [0, 0.05) is 46.1 Å². The van der Waals surface area contributed by atoms with Gasteiger partial charge in [-0.15, -0.1) is 24.0 Å². The zero-order valence-electron chi connectivity index (χ0n) is 15.7. The van der Waals surface area contributed by atoms with Crippen LogP contribution in [0.25, 0.3) is 0 Å². The maximum Gasteiger partial charge on any atom is 0.419 e. The van der Waals surface area contributed by atoms with Gasteiger partial charge in [0.25, 0.3) is 0 Å². The van der Waals surface area contributed by atoms with E-state index in [2.05, 4.69) is 32.9 Å². The Morgan fingerprint density at radius 3 is 2.52 bits per heavy atom. The third kappa shape index (κ3) is 11.2. The molecule has 0 radical (unpaired) electrons. The van der Waals surface area contributed by atoms with Crippen LogP contribution in [0.2, 0.25) is 0 Å². The molecule has 0 fully saturated rings. The molecule has 0 saturated heterocycles. The number of unbranched alkanes of at least 4 members (excludes halogenated alkanes) is 1. The lowest BCUT2D eigenvalue weighted by Crippen LogP contribution is -2.40. The average Bonchev–Trinajstić information content (AvgIpc) is 2.62. The maximum absolute atomic E-state index is 12.9. The molecule has 0 amide bonds. The van der Waals surface area contributed by atoms with Gasteiger partial charge in [-0.25, -0.2) is 4.98 Å². The molecule has 0 saturated carbocycles. The number of hydrogen-bond acceptors (Lipinski definition) is 4. The van der Waals surface area contributed by atoms with E-state index < -0.39 is 11.7 Å². The summed E-state index contributed by atoms with van der Waals surface area (Å²) in [5.41, 5.74) is -0.773. The first-order valence-electron chi connectivity index (χ1n) is 8.77. The number of aliphatic imine (C=N–C) groups is 1. The minimum absolute atomic E-state index is 0. The van der Waals surface area contributed by atoms with Crippen molar-refractivity contribution in [3.8, 4) is 0 Å². The molecule has 10 heteroatoms. The number of ether oxygens (including phenoxy) is 1. The van der Waals surface area contributed by atoms with Crippen LogP contribution in [0.15, 0.2) is 23.3 Å². The minimum Gasteiger partial charge on any atom is -0.381 e.